The summed E-state index contributed by atoms with van der Waals surface area (Å²) in [5, 5.41) is 3.46. The molecule has 0 radical (unpaired) electrons. The van der Waals surface area contributed by atoms with Crippen LogP contribution in [0.25, 0.3) is 0 Å². The van der Waals surface area contributed by atoms with Gasteiger partial charge in [0, 0.05) is 12.6 Å². The highest BCUT2D eigenvalue weighted by molar-refractivity contribution is 5.14. The molecule has 12 heavy (non-hydrogen) atoms. The molecule has 1 heteroatoms. The van der Waals surface area contributed by atoms with Crippen LogP contribution in [-0.2, 0) is 0 Å². The number of allylic oxidation sites excluding steroid dienone is 2. The van der Waals surface area contributed by atoms with Crippen molar-refractivity contribution >= 4 is 0 Å². The van der Waals surface area contributed by atoms with E-state index in [1.807, 2.05) is 0 Å². The summed E-state index contributed by atoms with van der Waals surface area (Å²) in [7, 11) is 0. The molecule has 0 aromatic carbocycles. The van der Waals surface area contributed by atoms with E-state index in [2.05, 4.69) is 37.9 Å². The average Bonchev–Trinajstić information content (AvgIpc) is 2.75. The van der Waals surface area contributed by atoms with Crippen molar-refractivity contribution in [3.8, 4) is 0 Å². The van der Waals surface area contributed by atoms with E-state index in [1.54, 1.807) is 0 Å². The second kappa shape index (κ2) is 4.46. The second-order valence-corrected chi connectivity index (χ2v) is 3.64. The maximum Gasteiger partial charge on any atom is 0.0140 e. The molecule has 1 nitrogen and oxygen atoms in total. The molecule has 0 bridgehead atoms. The van der Waals surface area contributed by atoms with Gasteiger partial charge in [-0.15, -0.1) is 0 Å². The maximum absolute atomic E-state index is 3.91. The highest BCUT2D eigenvalue weighted by atomic mass is 15.0. The van der Waals surface area contributed by atoms with Crippen LogP contribution in [0.1, 0.15) is 26.7 Å². The van der Waals surface area contributed by atoms with Crippen LogP contribution >= 0.6 is 0 Å². The molecule has 1 saturated carbocycles. The van der Waals surface area contributed by atoms with Gasteiger partial charge in [-0.25, -0.2) is 0 Å². The lowest BCUT2D eigenvalue weighted by Gasteiger charge is -1.97. The van der Waals surface area contributed by atoms with Crippen LogP contribution in [0.3, 0.4) is 0 Å². The lowest BCUT2D eigenvalue weighted by molar-refractivity contribution is 0.704. The minimum absolute atomic E-state index is 0.782. The normalized spacial score (nSPS) is 27.8. The fourth-order valence-corrected chi connectivity index (χ4v) is 1.17. The third kappa shape index (κ3) is 3.22. The van der Waals surface area contributed by atoms with Crippen LogP contribution < -0.4 is 5.32 Å². The maximum atomic E-state index is 3.91. The molecule has 0 spiro atoms. The number of hydrogen-bond donors (Lipinski definition) is 1. The number of nitrogens with one attached hydrogen (secondary N) is 1. The Morgan fingerprint density at radius 1 is 1.67 bits per heavy atom. The Kier molecular flexibility index (Phi) is 3.54. The van der Waals surface area contributed by atoms with Gasteiger partial charge in [-0.1, -0.05) is 38.2 Å². The highest BCUT2D eigenvalue weighted by Crippen LogP contribution is 2.28. The van der Waals surface area contributed by atoms with Crippen LogP contribution in [0, 0.1) is 5.92 Å². The molecule has 0 heterocycles. The summed E-state index contributed by atoms with van der Waals surface area (Å²) in [6.45, 7) is 9.31. The molecular weight excluding hydrogens is 146 g/mol. The first-order valence-electron chi connectivity index (χ1n) is 4.81. The van der Waals surface area contributed by atoms with E-state index < -0.39 is 0 Å². The van der Waals surface area contributed by atoms with Crippen molar-refractivity contribution in [1.29, 1.82) is 0 Å². The third-order valence-electron chi connectivity index (χ3n) is 2.42. The fraction of sp³-hybridized carbons (Fsp3) is 0.636. The minimum atomic E-state index is 0.782. The zero-order valence-electron chi connectivity index (χ0n) is 8.14. The number of rotatable bonds is 5. The first kappa shape index (κ1) is 9.53. The molecule has 1 aliphatic carbocycles. The zero-order valence-corrected chi connectivity index (χ0v) is 8.14. The van der Waals surface area contributed by atoms with Crippen molar-refractivity contribution in [2.24, 2.45) is 5.92 Å². The van der Waals surface area contributed by atoms with Gasteiger partial charge in [0.05, 0.1) is 0 Å². The SMILES string of the molecule is C=C(/C=C\CNC1CC1C)CC. The van der Waals surface area contributed by atoms with Crippen molar-refractivity contribution in [3.05, 3.63) is 24.3 Å². The lowest BCUT2D eigenvalue weighted by atomic mass is 10.2. The van der Waals surface area contributed by atoms with E-state index >= 15 is 0 Å². The summed E-state index contributed by atoms with van der Waals surface area (Å²) in [5.41, 5.74) is 1.21. The van der Waals surface area contributed by atoms with Crippen molar-refractivity contribution in [1.82, 2.24) is 5.32 Å². The molecule has 0 saturated heterocycles. The monoisotopic (exact) mass is 165 g/mol. The number of hydrogen-bond acceptors (Lipinski definition) is 1. The molecular formula is C11H19N. The van der Waals surface area contributed by atoms with Crippen molar-refractivity contribution < 1.29 is 0 Å². The van der Waals surface area contributed by atoms with Crippen LogP contribution in [0.4, 0.5) is 0 Å². The topological polar surface area (TPSA) is 12.0 Å². The standard InChI is InChI=1S/C11H19N/c1-4-9(2)6-5-7-12-11-8-10(11)3/h5-6,10-12H,2,4,7-8H2,1,3H3/b6-5-. The molecule has 2 atom stereocenters. The lowest BCUT2D eigenvalue weighted by Crippen LogP contribution is -2.17. The Morgan fingerprint density at radius 3 is 2.83 bits per heavy atom. The van der Waals surface area contributed by atoms with Gasteiger partial charge in [0.2, 0.25) is 0 Å². The summed E-state index contributed by atoms with van der Waals surface area (Å²) < 4.78 is 0. The highest BCUT2D eigenvalue weighted by Gasteiger charge is 2.30. The molecule has 1 aliphatic rings. The first-order chi connectivity index (χ1) is 5.74. The van der Waals surface area contributed by atoms with Crippen LogP contribution in [0.15, 0.2) is 24.3 Å². The van der Waals surface area contributed by atoms with E-state index in [1.165, 1.54) is 12.0 Å². The van der Waals surface area contributed by atoms with Crippen LogP contribution in [0.2, 0.25) is 0 Å². The van der Waals surface area contributed by atoms with Gasteiger partial charge in [-0.2, -0.15) is 0 Å². The molecule has 2 unspecified atom stereocenters. The molecule has 0 aliphatic heterocycles. The second-order valence-electron chi connectivity index (χ2n) is 3.64. The molecule has 1 fully saturated rings. The minimum Gasteiger partial charge on any atom is -0.310 e. The van der Waals surface area contributed by atoms with Gasteiger partial charge in [0.1, 0.15) is 0 Å². The summed E-state index contributed by atoms with van der Waals surface area (Å²) in [5.74, 6) is 0.896. The Morgan fingerprint density at radius 2 is 2.33 bits per heavy atom. The fourth-order valence-electron chi connectivity index (χ4n) is 1.17. The van der Waals surface area contributed by atoms with Crippen molar-refractivity contribution in [2.45, 2.75) is 32.7 Å². The Bertz CT molecular complexity index is 181. The van der Waals surface area contributed by atoms with E-state index in [0.717, 1.165) is 24.9 Å². The first-order valence-corrected chi connectivity index (χ1v) is 4.81. The zero-order chi connectivity index (χ0) is 8.97. The summed E-state index contributed by atoms with van der Waals surface area (Å²) >= 11 is 0. The van der Waals surface area contributed by atoms with Gasteiger partial charge in [0.25, 0.3) is 0 Å². The quantitative estimate of drug-likeness (QED) is 0.617. The molecule has 68 valence electrons. The summed E-state index contributed by atoms with van der Waals surface area (Å²) in [6, 6.07) is 0.782. The van der Waals surface area contributed by atoms with Gasteiger partial charge < -0.3 is 5.32 Å². The average molecular weight is 165 g/mol. The molecule has 1 rings (SSSR count). The van der Waals surface area contributed by atoms with Gasteiger partial charge in [0.15, 0.2) is 0 Å². The van der Waals surface area contributed by atoms with Gasteiger partial charge in [-0.05, 0) is 18.8 Å². The van der Waals surface area contributed by atoms with Crippen molar-refractivity contribution in [2.75, 3.05) is 6.54 Å². The third-order valence-corrected chi connectivity index (χ3v) is 2.42. The van der Waals surface area contributed by atoms with E-state index in [9.17, 15) is 0 Å². The molecule has 1 N–H and O–H groups in total. The Balaban J connectivity index is 2.01. The largest absolute Gasteiger partial charge is 0.310 e. The smallest absolute Gasteiger partial charge is 0.0140 e. The van der Waals surface area contributed by atoms with Gasteiger partial charge in [-0.3, -0.25) is 0 Å². The Labute approximate surface area is 75.6 Å². The van der Waals surface area contributed by atoms with E-state index in [-0.39, 0.29) is 0 Å². The van der Waals surface area contributed by atoms with Crippen LogP contribution in [-0.4, -0.2) is 12.6 Å². The summed E-state index contributed by atoms with van der Waals surface area (Å²) in [4.78, 5) is 0. The Hall–Kier alpha value is -0.560. The van der Waals surface area contributed by atoms with Crippen molar-refractivity contribution in [3.63, 3.8) is 0 Å². The molecule has 0 aromatic heterocycles. The van der Waals surface area contributed by atoms with E-state index in [4.69, 9.17) is 0 Å². The van der Waals surface area contributed by atoms with E-state index in [0.29, 0.717) is 0 Å². The molecule has 0 amide bonds. The predicted octanol–water partition coefficient (Wildman–Crippen LogP) is 2.51. The molecule has 0 aromatic rings. The van der Waals surface area contributed by atoms with Crippen LogP contribution in [0.5, 0.6) is 0 Å². The van der Waals surface area contributed by atoms with Gasteiger partial charge >= 0.3 is 0 Å². The predicted molar refractivity (Wildman–Crippen MR) is 54.1 cm³/mol. The summed E-state index contributed by atoms with van der Waals surface area (Å²) in [6.07, 6.45) is 6.68.